The summed E-state index contributed by atoms with van der Waals surface area (Å²) in [6.45, 7) is 1.68. The van der Waals surface area contributed by atoms with E-state index < -0.39 is 79.5 Å². The highest BCUT2D eigenvalue weighted by Crippen LogP contribution is 2.64. The van der Waals surface area contributed by atoms with E-state index in [-0.39, 0.29) is 0 Å². The number of hydrogen-bond donors (Lipinski definition) is 0. The summed E-state index contributed by atoms with van der Waals surface area (Å²) in [6, 6.07) is 0. The molecule has 0 aromatic carbocycles. The van der Waals surface area contributed by atoms with Gasteiger partial charge in [-0.2, -0.15) is 70.2 Å². The zero-order valence-electron chi connectivity index (χ0n) is 15.6. The van der Waals surface area contributed by atoms with Crippen molar-refractivity contribution in [3.8, 4) is 0 Å². The molecule has 0 nitrogen and oxygen atoms in total. The normalized spacial score (nSPS) is 16.1. The van der Waals surface area contributed by atoms with Gasteiger partial charge in [-0.25, -0.2) is 0 Å². The monoisotopic (exact) mass is 500 g/mol. The largest absolute Gasteiger partial charge is 0.384 e. The van der Waals surface area contributed by atoms with Gasteiger partial charge in [0, 0.05) is 12.8 Å². The van der Waals surface area contributed by atoms with E-state index in [2.05, 4.69) is 0 Å². The van der Waals surface area contributed by atoms with Crippen molar-refractivity contribution >= 4 is 0 Å². The second kappa shape index (κ2) is 8.34. The Kier molecular flexibility index (Phi) is 8.04. The fourth-order valence-corrected chi connectivity index (χ4v) is 2.27. The van der Waals surface area contributed by atoms with E-state index in [9.17, 15) is 70.2 Å². The van der Waals surface area contributed by atoms with E-state index in [0.29, 0.717) is 6.92 Å². The predicted molar refractivity (Wildman–Crippen MR) is 74.0 cm³/mol. The van der Waals surface area contributed by atoms with Crippen LogP contribution in [0.2, 0.25) is 0 Å². The summed E-state index contributed by atoms with van der Waals surface area (Å²) in [5, 5.41) is 0. The Morgan fingerprint density at radius 1 is 0.355 bits per heavy atom. The van der Waals surface area contributed by atoms with Gasteiger partial charge < -0.3 is 0 Å². The van der Waals surface area contributed by atoms with Crippen molar-refractivity contribution in [2.45, 2.75) is 93.3 Å². The Balaban J connectivity index is 6.62. The summed E-state index contributed by atoms with van der Waals surface area (Å²) >= 11 is 0. The van der Waals surface area contributed by atoms with Gasteiger partial charge in [0.1, 0.15) is 0 Å². The van der Waals surface area contributed by atoms with Crippen molar-refractivity contribution in [3.63, 3.8) is 0 Å². The molecular formula is C15H16F16. The highest BCUT2D eigenvalue weighted by atomic mass is 19.4. The molecule has 0 atom stereocenters. The Hall–Kier alpha value is -1.12. The van der Waals surface area contributed by atoms with Crippen LogP contribution in [0.1, 0.15) is 46.0 Å². The third kappa shape index (κ3) is 4.15. The first-order valence-corrected chi connectivity index (χ1v) is 8.40. The Morgan fingerprint density at radius 2 is 0.613 bits per heavy atom. The lowest BCUT2D eigenvalue weighted by atomic mass is 9.86. The van der Waals surface area contributed by atoms with E-state index in [0.717, 1.165) is 6.92 Å². The molecule has 16 heteroatoms. The van der Waals surface area contributed by atoms with Crippen LogP contribution in [0.15, 0.2) is 0 Å². The summed E-state index contributed by atoms with van der Waals surface area (Å²) in [4.78, 5) is 0. The summed E-state index contributed by atoms with van der Waals surface area (Å²) in [5.41, 5.74) is 0. The van der Waals surface area contributed by atoms with Crippen molar-refractivity contribution in [2.75, 3.05) is 0 Å². The molecule has 0 aromatic heterocycles. The van der Waals surface area contributed by atoms with E-state index in [4.69, 9.17) is 0 Å². The molecule has 0 amide bonds. The predicted octanol–water partition coefficient (Wildman–Crippen LogP) is 8.06. The number of halogens is 16. The van der Waals surface area contributed by atoms with Gasteiger partial charge in [0.05, 0.1) is 0 Å². The quantitative estimate of drug-likeness (QED) is 0.238. The number of alkyl halides is 16. The van der Waals surface area contributed by atoms with Crippen LogP contribution in [0.25, 0.3) is 0 Å². The van der Waals surface area contributed by atoms with Crippen LogP contribution >= 0.6 is 0 Å². The zero-order valence-corrected chi connectivity index (χ0v) is 15.6. The van der Waals surface area contributed by atoms with E-state index in [1.807, 2.05) is 0 Å². The lowest BCUT2D eigenvalue weighted by Crippen LogP contribution is -2.74. The third-order valence-corrected chi connectivity index (χ3v) is 4.30. The van der Waals surface area contributed by atoms with Crippen LogP contribution in [0.5, 0.6) is 0 Å². The third-order valence-electron chi connectivity index (χ3n) is 4.30. The first kappa shape index (κ1) is 29.9. The van der Waals surface area contributed by atoms with E-state index >= 15 is 0 Å². The maximum absolute atomic E-state index is 13.6. The van der Waals surface area contributed by atoms with Gasteiger partial charge in [-0.3, -0.25) is 0 Å². The molecule has 31 heavy (non-hydrogen) atoms. The molecule has 0 aliphatic heterocycles. The average Bonchev–Trinajstić information content (AvgIpc) is 2.58. The molecule has 0 heterocycles. The zero-order chi connectivity index (χ0) is 25.5. The van der Waals surface area contributed by atoms with Gasteiger partial charge in [-0.05, 0) is 6.42 Å². The average molecular weight is 500 g/mol. The van der Waals surface area contributed by atoms with Crippen molar-refractivity contribution in [3.05, 3.63) is 0 Å². The second-order valence-corrected chi connectivity index (χ2v) is 6.71. The Labute approximate surface area is 164 Å². The highest BCUT2D eigenvalue weighted by molar-refractivity contribution is 5.15. The van der Waals surface area contributed by atoms with Crippen molar-refractivity contribution in [2.24, 2.45) is 0 Å². The van der Waals surface area contributed by atoms with Crippen LogP contribution in [-0.4, -0.2) is 47.4 Å². The molecule has 0 aliphatic rings. The van der Waals surface area contributed by atoms with Gasteiger partial charge in [-0.1, -0.05) is 26.7 Å². The first-order valence-electron chi connectivity index (χ1n) is 8.40. The summed E-state index contributed by atoms with van der Waals surface area (Å²) in [7, 11) is 0. The number of rotatable bonds is 12. The van der Waals surface area contributed by atoms with Crippen LogP contribution in [0, 0.1) is 0 Å². The second-order valence-electron chi connectivity index (χ2n) is 6.71. The molecule has 0 rings (SSSR count). The topological polar surface area (TPSA) is 0 Å². The van der Waals surface area contributed by atoms with E-state index in [1.54, 1.807) is 0 Å². The lowest BCUT2D eigenvalue weighted by Gasteiger charge is -2.43. The van der Waals surface area contributed by atoms with Crippen LogP contribution in [-0.2, 0) is 0 Å². The molecule has 0 saturated heterocycles. The first-order chi connectivity index (χ1) is 13.4. The Bertz CT molecular complexity index is 606. The smallest absolute Gasteiger partial charge is 0.200 e. The van der Waals surface area contributed by atoms with Crippen LogP contribution < -0.4 is 0 Å². The molecule has 0 N–H and O–H groups in total. The Morgan fingerprint density at radius 3 is 0.871 bits per heavy atom. The maximum atomic E-state index is 13.6. The van der Waals surface area contributed by atoms with Crippen molar-refractivity contribution in [1.82, 2.24) is 0 Å². The molecule has 188 valence electrons. The van der Waals surface area contributed by atoms with Gasteiger partial charge >= 0.3 is 47.4 Å². The molecule has 0 radical (unpaired) electrons. The lowest BCUT2D eigenvalue weighted by molar-refractivity contribution is -0.453. The summed E-state index contributed by atoms with van der Waals surface area (Å²) < 4.78 is 215. The molecule has 0 saturated carbocycles. The minimum absolute atomic E-state index is 0.416. The highest BCUT2D eigenvalue weighted by Gasteiger charge is 2.94. The standard InChI is InChI=1S/C15H16F16/c1-3-5-7-9(18,19)11(22,23)13(26,27)15(30,31)14(28,29)12(24,25)10(20,21)8(16,17)6-4-2/h3-7H2,1-2H3. The van der Waals surface area contributed by atoms with Crippen LogP contribution in [0.4, 0.5) is 70.2 Å². The fourth-order valence-electron chi connectivity index (χ4n) is 2.27. The van der Waals surface area contributed by atoms with Crippen molar-refractivity contribution < 1.29 is 70.2 Å². The summed E-state index contributed by atoms with van der Waals surface area (Å²) in [6.07, 6.45) is -7.19. The van der Waals surface area contributed by atoms with E-state index in [1.165, 1.54) is 0 Å². The van der Waals surface area contributed by atoms with Gasteiger partial charge in [0.25, 0.3) is 0 Å². The van der Waals surface area contributed by atoms with Gasteiger partial charge in [-0.15, -0.1) is 0 Å². The summed E-state index contributed by atoms with van der Waals surface area (Å²) in [5.74, 6) is -60.1. The molecule has 0 bridgehead atoms. The van der Waals surface area contributed by atoms with Gasteiger partial charge in [0.2, 0.25) is 0 Å². The maximum Gasteiger partial charge on any atom is 0.384 e. The molecule has 0 aromatic rings. The molecular weight excluding hydrogens is 484 g/mol. The number of hydrogen-bond acceptors (Lipinski definition) is 0. The fraction of sp³-hybridized carbons (Fsp3) is 1.00. The SMILES string of the molecule is CCCCC(F)(F)C(F)(F)C(F)(F)C(F)(F)C(F)(F)C(F)(F)C(F)(F)C(F)(F)CCC. The van der Waals surface area contributed by atoms with Crippen LogP contribution in [0.3, 0.4) is 0 Å². The minimum Gasteiger partial charge on any atom is -0.200 e. The molecule has 0 unspecified atom stereocenters. The number of unbranched alkanes of at least 4 members (excludes halogenated alkanes) is 1. The van der Waals surface area contributed by atoms with Crippen molar-refractivity contribution in [1.29, 1.82) is 0 Å². The molecule has 0 spiro atoms. The molecule has 0 fully saturated rings. The minimum atomic E-state index is -8.33. The van der Waals surface area contributed by atoms with Gasteiger partial charge in [0.15, 0.2) is 0 Å². The molecule has 0 aliphatic carbocycles.